The summed E-state index contributed by atoms with van der Waals surface area (Å²) < 4.78 is 5.22. The lowest BCUT2D eigenvalue weighted by Gasteiger charge is -2.17. The molecule has 0 unspecified atom stereocenters. The van der Waals surface area contributed by atoms with E-state index in [1.807, 2.05) is 29.7 Å². The number of rotatable bonds is 3. The summed E-state index contributed by atoms with van der Waals surface area (Å²) in [5.41, 5.74) is 5.90. The number of hydrogen-bond donors (Lipinski definition) is 1. The molecule has 2 N–H and O–H groups in total. The van der Waals surface area contributed by atoms with Crippen LogP contribution in [-0.2, 0) is 5.54 Å². The second-order valence-corrected chi connectivity index (χ2v) is 5.65. The molecule has 0 amide bonds. The van der Waals surface area contributed by atoms with E-state index >= 15 is 0 Å². The topological polar surface area (TPSA) is 64.9 Å². The molecule has 0 aromatic carbocycles. The van der Waals surface area contributed by atoms with Crippen LogP contribution in [0.3, 0.4) is 0 Å². The fourth-order valence-electron chi connectivity index (χ4n) is 2.27. The third-order valence-corrected chi connectivity index (χ3v) is 4.15. The van der Waals surface area contributed by atoms with Crippen molar-refractivity contribution < 1.29 is 4.52 Å². The van der Waals surface area contributed by atoms with Crippen LogP contribution in [0.15, 0.2) is 22.0 Å². The van der Waals surface area contributed by atoms with Gasteiger partial charge in [0.15, 0.2) is 5.82 Å². The zero-order valence-electron chi connectivity index (χ0n) is 10.4. The normalized spacial score (nSPS) is 17.7. The Kier molecular flexibility index (Phi) is 4.39. The molecule has 3 rings (SSSR count). The van der Waals surface area contributed by atoms with Gasteiger partial charge < -0.3 is 10.3 Å². The molecule has 0 bridgehead atoms. The largest absolute Gasteiger partial charge is 0.335 e. The zero-order valence-corrected chi connectivity index (χ0v) is 12.0. The standard InChI is InChI=1S/C13H15N3OS.ClH/c14-13(7-1-2-8-13)12-15-11(17-16-12)6-5-10-4-3-9-18-10;/h3-6,9H,1-2,7-8,14H2;1H/b6-5+;. The van der Waals surface area contributed by atoms with Gasteiger partial charge in [-0.25, -0.2) is 0 Å². The summed E-state index contributed by atoms with van der Waals surface area (Å²) in [5.74, 6) is 1.17. The minimum atomic E-state index is -0.376. The average Bonchev–Trinajstić information content (AvgIpc) is 3.08. The van der Waals surface area contributed by atoms with Crippen LogP contribution in [0.2, 0.25) is 0 Å². The Balaban J connectivity index is 0.00000133. The zero-order chi connectivity index (χ0) is 12.4. The van der Waals surface area contributed by atoms with Gasteiger partial charge in [-0.3, -0.25) is 0 Å². The van der Waals surface area contributed by atoms with E-state index in [1.165, 1.54) is 0 Å². The highest BCUT2D eigenvalue weighted by atomic mass is 35.5. The number of nitrogens with two attached hydrogens (primary N) is 1. The number of aromatic nitrogens is 2. The Morgan fingerprint density at radius 3 is 2.79 bits per heavy atom. The summed E-state index contributed by atoms with van der Waals surface area (Å²) in [4.78, 5) is 5.54. The van der Waals surface area contributed by atoms with Gasteiger partial charge in [-0.1, -0.05) is 24.1 Å². The maximum Gasteiger partial charge on any atom is 0.250 e. The van der Waals surface area contributed by atoms with Gasteiger partial charge in [0.2, 0.25) is 0 Å². The molecule has 1 saturated carbocycles. The lowest BCUT2D eigenvalue weighted by Crippen LogP contribution is -2.34. The summed E-state index contributed by atoms with van der Waals surface area (Å²) in [6, 6.07) is 4.05. The van der Waals surface area contributed by atoms with Gasteiger partial charge in [-0.2, -0.15) is 4.98 Å². The smallest absolute Gasteiger partial charge is 0.250 e. The molecule has 102 valence electrons. The van der Waals surface area contributed by atoms with E-state index in [-0.39, 0.29) is 17.9 Å². The van der Waals surface area contributed by atoms with Crippen molar-refractivity contribution in [2.24, 2.45) is 5.73 Å². The van der Waals surface area contributed by atoms with E-state index in [0.717, 1.165) is 30.6 Å². The van der Waals surface area contributed by atoms with E-state index in [0.29, 0.717) is 11.7 Å². The van der Waals surface area contributed by atoms with Crippen molar-refractivity contribution >= 4 is 35.9 Å². The van der Waals surface area contributed by atoms with Gasteiger partial charge in [0, 0.05) is 11.0 Å². The highest BCUT2D eigenvalue weighted by molar-refractivity contribution is 7.10. The minimum Gasteiger partial charge on any atom is -0.335 e. The molecule has 0 saturated heterocycles. The Labute approximate surface area is 122 Å². The van der Waals surface area contributed by atoms with E-state index in [4.69, 9.17) is 10.3 Å². The molecule has 4 nitrogen and oxygen atoms in total. The summed E-state index contributed by atoms with van der Waals surface area (Å²) >= 11 is 1.67. The molecule has 6 heteroatoms. The quantitative estimate of drug-likeness (QED) is 0.942. The molecule has 1 aliphatic rings. The van der Waals surface area contributed by atoms with Gasteiger partial charge in [-0.05, 0) is 30.4 Å². The van der Waals surface area contributed by atoms with Gasteiger partial charge in [0.25, 0.3) is 5.89 Å². The Morgan fingerprint density at radius 2 is 2.11 bits per heavy atom. The van der Waals surface area contributed by atoms with E-state index in [9.17, 15) is 0 Å². The fraction of sp³-hybridized carbons (Fsp3) is 0.385. The van der Waals surface area contributed by atoms with Crippen LogP contribution in [0.25, 0.3) is 12.2 Å². The van der Waals surface area contributed by atoms with Crippen LogP contribution in [0.5, 0.6) is 0 Å². The van der Waals surface area contributed by atoms with Crippen LogP contribution in [0.4, 0.5) is 0 Å². The Morgan fingerprint density at radius 1 is 1.32 bits per heavy atom. The number of halogens is 1. The highest BCUT2D eigenvalue weighted by Gasteiger charge is 2.35. The molecule has 2 aromatic heterocycles. The fourth-order valence-corrected chi connectivity index (χ4v) is 2.89. The minimum absolute atomic E-state index is 0. The lowest BCUT2D eigenvalue weighted by molar-refractivity contribution is 0.364. The maximum atomic E-state index is 6.28. The van der Waals surface area contributed by atoms with E-state index in [2.05, 4.69) is 10.1 Å². The first-order chi connectivity index (χ1) is 8.76. The predicted octanol–water partition coefficient (Wildman–Crippen LogP) is 3.45. The van der Waals surface area contributed by atoms with Crippen molar-refractivity contribution in [3.05, 3.63) is 34.1 Å². The third kappa shape index (κ3) is 3.05. The molecule has 19 heavy (non-hydrogen) atoms. The molecule has 0 atom stereocenters. The first kappa shape index (κ1) is 14.2. The van der Waals surface area contributed by atoms with E-state index in [1.54, 1.807) is 11.3 Å². The molecule has 0 aliphatic heterocycles. The lowest BCUT2D eigenvalue weighted by atomic mass is 9.99. The van der Waals surface area contributed by atoms with Crippen molar-refractivity contribution in [2.75, 3.05) is 0 Å². The molecule has 2 heterocycles. The molecular weight excluding hydrogens is 282 g/mol. The second-order valence-electron chi connectivity index (χ2n) is 4.67. The maximum absolute atomic E-state index is 6.28. The molecule has 0 spiro atoms. The van der Waals surface area contributed by atoms with Crippen molar-refractivity contribution in [1.82, 2.24) is 10.1 Å². The molecule has 1 aliphatic carbocycles. The number of hydrogen-bond acceptors (Lipinski definition) is 5. The predicted molar refractivity (Wildman–Crippen MR) is 79.1 cm³/mol. The molecular formula is C13H16ClN3OS. The van der Waals surface area contributed by atoms with Gasteiger partial charge in [-0.15, -0.1) is 23.7 Å². The number of thiophene rings is 1. The highest BCUT2D eigenvalue weighted by Crippen LogP contribution is 2.34. The Hall–Kier alpha value is -1.17. The van der Waals surface area contributed by atoms with Crippen molar-refractivity contribution in [1.29, 1.82) is 0 Å². The second kappa shape index (κ2) is 5.86. The monoisotopic (exact) mass is 297 g/mol. The SMILES string of the molecule is Cl.NC1(c2noc(/C=C/c3cccs3)n2)CCCC1. The van der Waals surface area contributed by atoms with Crippen molar-refractivity contribution in [3.8, 4) is 0 Å². The van der Waals surface area contributed by atoms with Gasteiger partial charge in [0.05, 0.1) is 5.54 Å². The molecule has 1 fully saturated rings. The molecule has 0 radical (unpaired) electrons. The third-order valence-electron chi connectivity index (χ3n) is 3.32. The van der Waals surface area contributed by atoms with E-state index < -0.39 is 0 Å². The summed E-state index contributed by atoms with van der Waals surface area (Å²) in [7, 11) is 0. The van der Waals surface area contributed by atoms with Gasteiger partial charge >= 0.3 is 0 Å². The number of nitrogens with zero attached hydrogens (tertiary/aromatic N) is 2. The van der Waals surface area contributed by atoms with Crippen LogP contribution in [0, 0.1) is 0 Å². The summed E-state index contributed by atoms with van der Waals surface area (Å²) in [6.45, 7) is 0. The Bertz CT molecular complexity index is 544. The molecule has 2 aromatic rings. The van der Waals surface area contributed by atoms with Crippen LogP contribution in [-0.4, -0.2) is 10.1 Å². The van der Waals surface area contributed by atoms with Crippen molar-refractivity contribution in [3.63, 3.8) is 0 Å². The summed E-state index contributed by atoms with van der Waals surface area (Å²) in [5, 5.41) is 6.04. The first-order valence-electron chi connectivity index (χ1n) is 6.11. The van der Waals surface area contributed by atoms with Crippen molar-refractivity contribution in [2.45, 2.75) is 31.2 Å². The first-order valence-corrected chi connectivity index (χ1v) is 6.99. The average molecular weight is 298 g/mol. The van der Waals surface area contributed by atoms with Crippen LogP contribution >= 0.6 is 23.7 Å². The van der Waals surface area contributed by atoms with Crippen LogP contribution < -0.4 is 5.73 Å². The van der Waals surface area contributed by atoms with Crippen LogP contribution in [0.1, 0.15) is 42.3 Å². The van der Waals surface area contributed by atoms with Gasteiger partial charge in [0.1, 0.15) is 0 Å². The summed E-state index contributed by atoms with van der Waals surface area (Å²) in [6.07, 6.45) is 7.98.